The molecule has 1 heterocycles. The Labute approximate surface area is 174 Å². The van der Waals surface area contributed by atoms with E-state index in [0.717, 1.165) is 0 Å². The van der Waals surface area contributed by atoms with Crippen molar-refractivity contribution < 1.29 is 22.7 Å². The zero-order valence-corrected chi connectivity index (χ0v) is 17.6. The number of aromatic nitrogens is 2. The fraction of sp³-hybridized carbons (Fsp3) is 0.190. The molecule has 3 rings (SSSR count). The Morgan fingerprint density at radius 1 is 1.00 bits per heavy atom. The second kappa shape index (κ2) is 8.91. The van der Waals surface area contributed by atoms with Gasteiger partial charge in [0.25, 0.3) is 5.91 Å². The van der Waals surface area contributed by atoms with Gasteiger partial charge in [0.1, 0.15) is 11.5 Å². The van der Waals surface area contributed by atoms with Gasteiger partial charge in [-0.1, -0.05) is 19.1 Å². The normalized spacial score (nSPS) is 11.0. The van der Waals surface area contributed by atoms with Crippen molar-refractivity contribution in [3.8, 4) is 22.8 Å². The molecule has 2 aromatic carbocycles. The summed E-state index contributed by atoms with van der Waals surface area (Å²) in [5.74, 6) is 0.582. The van der Waals surface area contributed by atoms with Crippen molar-refractivity contribution >= 4 is 21.4 Å². The number of amides is 1. The van der Waals surface area contributed by atoms with Crippen LogP contribution < -0.4 is 14.8 Å². The third kappa shape index (κ3) is 4.57. The van der Waals surface area contributed by atoms with Crippen LogP contribution in [0.2, 0.25) is 0 Å². The molecule has 3 aromatic rings. The average molecular weight is 427 g/mol. The molecular weight excluding hydrogens is 406 g/mol. The maximum absolute atomic E-state index is 12.7. The highest BCUT2D eigenvalue weighted by Crippen LogP contribution is 2.26. The number of benzene rings is 2. The SMILES string of the molecule is CCS(=O)(=O)c1ccc(-c2cccc(NC(=O)c3ccc(OC)cc3OC)c2)nn1. The van der Waals surface area contributed by atoms with Crippen LogP contribution in [-0.2, 0) is 9.84 Å². The number of sulfone groups is 1. The number of nitrogens with zero attached hydrogens (tertiary/aromatic N) is 2. The Morgan fingerprint density at radius 2 is 1.80 bits per heavy atom. The zero-order chi connectivity index (χ0) is 21.7. The molecule has 156 valence electrons. The van der Waals surface area contributed by atoms with E-state index in [9.17, 15) is 13.2 Å². The van der Waals surface area contributed by atoms with Crippen LogP contribution in [0.1, 0.15) is 17.3 Å². The molecule has 0 bridgehead atoms. The minimum atomic E-state index is -3.41. The first kappa shape index (κ1) is 21.3. The molecule has 0 aliphatic heterocycles. The lowest BCUT2D eigenvalue weighted by molar-refractivity contribution is 0.102. The summed E-state index contributed by atoms with van der Waals surface area (Å²) < 4.78 is 34.2. The minimum absolute atomic E-state index is 0.0443. The molecule has 1 aromatic heterocycles. The minimum Gasteiger partial charge on any atom is -0.497 e. The summed E-state index contributed by atoms with van der Waals surface area (Å²) in [5, 5.41) is 10.6. The number of nitrogens with one attached hydrogen (secondary N) is 1. The smallest absolute Gasteiger partial charge is 0.259 e. The van der Waals surface area contributed by atoms with Crippen molar-refractivity contribution in [2.75, 3.05) is 25.3 Å². The first-order valence-electron chi connectivity index (χ1n) is 9.08. The van der Waals surface area contributed by atoms with E-state index in [1.165, 1.54) is 20.3 Å². The fourth-order valence-electron chi connectivity index (χ4n) is 2.73. The van der Waals surface area contributed by atoms with Gasteiger partial charge in [-0.2, -0.15) is 0 Å². The number of carbonyl (C=O) groups is 1. The number of hydrogen-bond donors (Lipinski definition) is 1. The standard InChI is InChI=1S/C21H21N3O5S/c1-4-30(26,27)20-11-10-18(23-24-20)14-6-5-7-15(12-14)22-21(25)17-9-8-16(28-2)13-19(17)29-3/h5-13H,4H2,1-3H3,(H,22,25). The van der Waals surface area contributed by atoms with Crippen LogP contribution in [0.25, 0.3) is 11.3 Å². The summed E-state index contributed by atoms with van der Waals surface area (Å²) >= 11 is 0. The first-order chi connectivity index (χ1) is 14.4. The van der Waals surface area contributed by atoms with Crippen molar-refractivity contribution in [3.05, 3.63) is 60.2 Å². The van der Waals surface area contributed by atoms with E-state index in [4.69, 9.17) is 9.47 Å². The van der Waals surface area contributed by atoms with Gasteiger partial charge in [0.05, 0.1) is 31.2 Å². The number of hydrogen-bond acceptors (Lipinski definition) is 7. The van der Waals surface area contributed by atoms with Gasteiger partial charge in [0, 0.05) is 17.3 Å². The quantitative estimate of drug-likeness (QED) is 0.617. The molecule has 0 saturated carbocycles. The monoisotopic (exact) mass is 427 g/mol. The van der Waals surface area contributed by atoms with Crippen LogP contribution in [0.15, 0.2) is 59.6 Å². The summed E-state index contributed by atoms with van der Waals surface area (Å²) in [5.41, 5.74) is 2.07. The van der Waals surface area contributed by atoms with Gasteiger partial charge in [-0.15, -0.1) is 10.2 Å². The highest BCUT2D eigenvalue weighted by Gasteiger charge is 2.16. The third-order valence-corrected chi connectivity index (χ3v) is 6.02. The first-order valence-corrected chi connectivity index (χ1v) is 10.7. The van der Waals surface area contributed by atoms with Gasteiger partial charge in [-0.05, 0) is 36.4 Å². The molecule has 0 unspecified atom stereocenters. The van der Waals surface area contributed by atoms with Gasteiger partial charge in [0.2, 0.25) is 0 Å². The highest BCUT2D eigenvalue weighted by molar-refractivity contribution is 7.91. The topological polar surface area (TPSA) is 107 Å². The van der Waals surface area contributed by atoms with Crippen molar-refractivity contribution in [1.82, 2.24) is 10.2 Å². The molecule has 9 heteroatoms. The summed E-state index contributed by atoms with van der Waals surface area (Å²) in [7, 11) is -0.401. The maximum atomic E-state index is 12.7. The number of carbonyl (C=O) groups excluding carboxylic acids is 1. The summed E-state index contributed by atoms with van der Waals surface area (Å²) in [6.07, 6.45) is 0. The van der Waals surface area contributed by atoms with Crippen LogP contribution in [0, 0.1) is 0 Å². The van der Waals surface area contributed by atoms with E-state index in [2.05, 4.69) is 15.5 Å². The lowest BCUT2D eigenvalue weighted by atomic mass is 10.1. The Bertz CT molecular complexity index is 1160. The largest absolute Gasteiger partial charge is 0.497 e. The highest BCUT2D eigenvalue weighted by atomic mass is 32.2. The Hall–Kier alpha value is -3.46. The van der Waals surface area contributed by atoms with E-state index in [1.807, 2.05) is 0 Å². The van der Waals surface area contributed by atoms with Gasteiger partial charge in [0.15, 0.2) is 14.9 Å². The average Bonchev–Trinajstić information content (AvgIpc) is 2.78. The van der Waals surface area contributed by atoms with Gasteiger partial charge in [-0.25, -0.2) is 8.42 Å². The number of ether oxygens (including phenoxy) is 2. The molecule has 1 N–H and O–H groups in total. The fourth-order valence-corrected chi connectivity index (χ4v) is 3.46. The summed E-state index contributed by atoms with van der Waals surface area (Å²) in [4.78, 5) is 12.7. The molecule has 0 aliphatic rings. The zero-order valence-electron chi connectivity index (χ0n) is 16.7. The van der Waals surface area contributed by atoms with E-state index in [1.54, 1.807) is 55.5 Å². The van der Waals surface area contributed by atoms with Crippen LogP contribution in [0.3, 0.4) is 0 Å². The molecule has 0 atom stereocenters. The molecule has 0 radical (unpaired) electrons. The van der Waals surface area contributed by atoms with Crippen molar-refractivity contribution in [2.45, 2.75) is 11.9 Å². The Morgan fingerprint density at radius 3 is 2.43 bits per heavy atom. The predicted molar refractivity (Wildman–Crippen MR) is 113 cm³/mol. The molecule has 0 fully saturated rings. The van der Waals surface area contributed by atoms with E-state index in [-0.39, 0.29) is 16.7 Å². The van der Waals surface area contributed by atoms with Crippen LogP contribution >= 0.6 is 0 Å². The molecule has 0 aliphatic carbocycles. The van der Waals surface area contributed by atoms with Crippen molar-refractivity contribution in [3.63, 3.8) is 0 Å². The molecule has 0 spiro atoms. The van der Waals surface area contributed by atoms with Crippen LogP contribution in [-0.4, -0.2) is 44.5 Å². The Balaban J connectivity index is 1.83. The lowest BCUT2D eigenvalue weighted by Gasteiger charge is -2.11. The van der Waals surface area contributed by atoms with E-state index in [0.29, 0.717) is 34.0 Å². The molecule has 1 amide bonds. The second-order valence-corrected chi connectivity index (χ2v) is 8.49. The van der Waals surface area contributed by atoms with Crippen LogP contribution in [0.4, 0.5) is 5.69 Å². The number of rotatable bonds is 7. The van der Waals surface area contributed by atoms with Gasteiger partial charge < -0.3 is 14.8 Å². The van der Waals surface area contributed by atoms with Crippen molar-refractivity contribution in [1.29, 1.82) is 0 Å². The second-order valence-electron chi connectivity index (χ2n) is 6.26. The predicted octanol–water partition coefficient (Wildman–Crippen LogP) is 3.21. The van der Waals surface area contributed by atoms with E-state index >= 15 is 0 Å². The Kier molecular flexibility index (Phi) is 6.31. The molecule has 8 nitrogen and oxygen atoms in total. The molecular formula is C21H21N3O5S. The number of anilines is 1. The molecule has 30 heavy (non-hydrogen) atoms. The number of methoxy groups -OCH3 is 2. The van der Waals surface area contributed by atoms with Crippen LogP contribution in [0.5, 0.6) is 11.5 Å². The lowest BCUT2D eigenvalue weighted by Crippen LogP contribution is -2.13. The molecule has 0 saturated heterocycles. The third-order valence-electron chi connectivity index (χ3n) is 4.41. The van der Waals surface area contributed by atoms with Crippen molar-refractivity contribution in [2.24, 2.45) is 0 Å². The van der Waals surface area contributed by atoms with E-state index < -0.39 is 9.84 Å². The summed E-state index contributed by atoms with van der Waals surface area (Å²) in [6.45, 7) is 1.55. The van der Waals surface area contributed by atoms with Gasteiger partial charge >= 0.3 is 0 Å². The maximum Gasteiger partial charge on any atom is 0.259 e. The summed E-state index contributed by atoms with van der Waals surface area (Å²) in [6, 6.07) is 15.0. The van der Waals surface area contributed by atoms with Gasteiger partial charge in [-0.3, -0.25) is 4.79 Å².